The molecule has 1 fully saturated rings. The number of ether oxygens (including phenoxy) is 1. The van der Waals surface area contributed by atoms with Gasteiger partial charge in [0.1, 0.15) is 0 Å². The number of amides is 1. The summed E-state index contributed by atoms with van der Waals surface area (Å²) in [6.07, 6.45) is -4.61. The third-order valence-electron chi connectivity index (χ3n) is 2.61. The molecular weight excluding hydrogens is 251 g/mol. The van der Waals surface area contributed by atoms with Gasteiger partial charge in [0.25, 0.3) is 0 Å². The first-order valence-electron chi connectivity index (χ1n) is 5.76. The van der Waals surface area contributed by atoms with Crippen molar-refractivity contribution in [3.8, 4) is 0 Å². The van der Waals surface area contributed by atoms with Gasteiger partial charge < -0.3 is 10.2 Å². The second kappa shape index (κ2) is 6.91. The van der Waals surface area contributed by atoms with Crippen molar-refractivity contribution in [1.82, 2.24) is 15.1 Å². The lowest BCUT2D eigenvalue weighted by molar-refractivity contribution is -0.324. The van der Waals surface area contributed by atoms with E-state index in [0.717, 1.165) is 13.1 Å². The summed E-state index contributed by atoms with van der Waals surface area (Å²) in [5.41, 5.74) is 0. The minimum atomic E-state index is -4.61. The van der Waals surface area contributed by atoms with E-state index in [0.29, 0.717) is 13.1 Å². The number of rotatable bonds is 5. The van der Waals surface area contributed by atoms with Gasteiger partial charge in [0.2, 0.25) is 5.91 Å². The summed E-state index contributed by atoms with van der Waals surface area (Å²) in [5.74, 6) is -0.0639. The lowest BCUT2D eigenvalue weighted by Crippen LogP contribution is -2.49. The summed E-state index contributed by atoms with van der Waals surface area (Å²) in [5, 5.41) is 3.12. The maximum Gasteiger partial charge on any atom is 0.522 e. The zero-order valence-corrected chi connectivity index (χ0v) is 10.3. The van der Waals surface area contributed by atoms with Crippen molar-refractivity contribution in [3.05, 3.63) is 0 Å². The second-order valence-corrected chi connectivity index (χ2v) is 4.16. The van der Waals surface area contributed by atoms with E-state index in [-0.39, 0.29) is 19.0 Å². The first-order chi connectivity index (χ1) is 8.38. The number of hydrogen-bond donors (Lipinski definition) is 1. The maximum absolute atomic E-state index is 11.8. The molecule has 1 N–H and O–H groups in total. The van der Waals surface area contributed by atoms with Gasteiger partial charge in [0, 0.05) is 32.7 Å². The summed E-state index contributed by atoms with van der Waals surface area (Å²) in [6, 6.07) is 0. The summed E-state index contributed by atoms with van der Waals surface area (Å²) >= 11 is 0. The Balaban J connectivity index is 2.18. The number of piperazine rings is 1. The standard InChI is InChI=1S/C10H18F3N3O2/c1-15(6-7-18-10(11,12)13)8-9(17)16-4-2-14-3-5-16/h14H,2-8H2,1H3. The van der Waals surface area contributed by atoms with Gasteiger partial charge in [0.05, 0.1) is 13.2 Å². The first-order valence-corrected chi connectivity index (χ1v) is 5.76. The highest BCUT2D eigenvalue weighted by Gasteiger charge is 2.28. The van der Waals surface area contributed by atoms with E-state index in [1.54, 1.807) is 11.9 Å². The summed E-state index contributed by atoms with van der Waals surface area (Å²) in [6.45, 7) is 2.52. The van der Waals surface area contributed by atoms with Gasteiger partial charge in [0.15, 0.2) is 0 Å². The minimum Gasteiger partial charge on any atom is -0.339 e. The molecule has 1 aliphatic heterocycles. The average molecular weight is 269 g/mol. The molecule has 0 radical (unpaired) electrons. The molecule has 18 heavy (non-hydrogen) atoms. The summed E-state index contributed by atoms with van der Waals surface area (Å²) < 4.78 is 38.9. The predicted molar refractivity (Wildman–Crippen MR) is 59.0 cm³/mol. The SMILES string of the molecule is CN(CCOC(F)(F)F)CC(=O)N1CCNCC1. The van der Waals surface area contributed by atoms with Crippen LogP contribution < -0.4 is 5.32 Å². The van der Waals surface area contributed by atoms with Crippen LogP contribution in [0.15, 0.2) is 0 Å². The molecule has 0 aromatic rings. The highest BCUT2D eigenvalue weighted by molar-refractivity contribution is 5.78. The Kier molecular flexibility index (Phi) is 5.83. The van der Waals surface area contributed by atoms with Crippen molar-refractivity contribution >= 4 is 5.91 Å². The van der Waals surface area contributed by atoms with E-state index in [1.807, 2.05) is 0 Å². The van der Waals surface area contributed by atoms with Gasteiger partial charge in [-0.25, -0.2) is 0 Å². The van der Waals surface area contributed by atoms with Crippen LogP contribution in [0.25, 0.3) is 0 Å². The molecule has 5 nitrogen and oxygen atoms in total. The Bertz CT molecular complexity index is 268. The van der Waals surface area contributed by atoms with Crippen molar-refractivity contribution < 1.29 is 22.7 Å². The van der Waals surface area contributed by atoms with Crippen LogP contribution in [0.2, 0.25) is 0 Å². The molecule has 0 aromatic heterocycles. The van der Waals surface area contributed by atoms with E-state index in [4.69, 9.17) is 0 Å². The Hall–Kier alpha value is -0.860. The molecule has 0 bridgehead atoms. The number of alkyl halides is 3. The van der Waals surface area contributed by atoms with Gasteiger partial charge in [-0.2, -0.15) is 0 Å². The van der Waals surface area contributed by atoms with E-state index in [9.17, 15) is 18.0 Å². The minimum absolute atomic E-state index is 0.0639. The molecule has 0 atom stereocenters. The molecule has 1 rings (SSSR count). The monoisotopic (exact) mass is 269 g/mol. The van der Waals surface area contributed by atoms with E-state index in [2.05, 4.69) is 10.1 Å². The van der Waals surface area contributed by atoms with Crippen molar-refractivity contribution in [1.29, 1.82) is 0 Å². The maximum atomic E-state index is 11.8. The molecule has 0 unspecified atom stereocenters. The fourth-order valence-corrected chi connectivity index (χ4v) is 1.64. The Morgan fingerprint density at radius 3 is 2.56 bits per heavy atom. The van der Waals surface area contributed by atoms with Crippen molar-refractivity contribution in [3.63, 3.8) is 0 Å². The quantitative estimate of drug-likeness (QED) is 0.756. The van der Waals surface area contributed by atoms with Crippen LogP contribution in [-0.2, 0) is 9.53 Å². The Morgan fingerprint density at radius 2 is 2.00 bits per heavy atom. The average Bonchev–Trinajstić information content (AvgIpc) is 2.28. The molecular formula is C10H18F3N3O2. The molecule has 1 aliphatic rings. The fraction of sp³-hybridized carbons (Fsp3) is 0.900. The zero-order chi connectivity index (χ0) is 13.6. The normalized spacial score (nSPS) is 17.3. The number of likely N-dealkylation sites (N-methyl/N-ethyl adjacent to an activating group) is 1. The number of carbonyl (C=O) groups is 1. The van der Waals surface area contributed by atoms with Crippen molar-refractivity contribution in [2.24, 2.45) is 0 Å². The molecule has 1 heterocycles. The summed E-state index contributed by atoms with van der Waals surface area (Å²) in [4.78, 5) is 15.0. The fourth-order valence-electron chi connectivity index (χ4n) is 1.64. The largest absolute Gasteiger partial charge is 0.522 e. The van der Waals surface area contributed by atoms with Gasteiger partial charge in [-0.1, -0.05) is 0 Å². The van der Waals surface area contributed by atoms with Crippen LogP contribution in [0, 0.1) is 0 Å². The van der Waals surface area contributed by atoms with E-state index >= 15 is 0 Å². The molecule has 1 amide bonds. The van der Waals surface area contributed by atoms with Crippen LogP contribution in [0.3, 0.4) is 0 Å². The van der Waals surface area contributed by atoms with Crippen LogP contribution in [0.1, 0.15) is 0 Å². The van der Waals surface area contributed by atoms with Gasteiger partial charge >= 0.3 is 6.36 Å². The number of nitrogens with one attached hydrogen (secondary N) is 1. The van der Waals surface area contributed by atoms with Gasteiger partial charge in [-0.15, -0.1) is 13.2 Å². The van der Waals surface area contributed by atoms with Gasteiger partial charge in [-0.05, 0) is 7.05 Å². The predicted octanol–water partition coefficient (Wildman–Crippen LogP) is -0.114. The molecule has 0 spiro atoms. The number of carbonyl (C=O) groups excluding carboxylic acids is 1. The number of halogens is 3. The molecule has 106 valence electrons. The second-order valence-electron chi connectivity index (χ2n) is 4.16. The van der Waals surface area contributed by atoms with Crippen LogP contribution in [0.5, 0.6) is 0 Å². The molecule has 0 saturated carbocycles. The zero-order valence-electron chi connectivity index (χ0n) is 10.3. The number of nitrogens with zero attached hydrogens (tertiary/aromatic N) is 2. The third kappa shape index (κ3) is 6.18. The first kappa shape index (κ1) is 15.2. The molecule has 1 saturated heterocycles. The van der Waals surface area contributed by atoms with Crippen LogP contribution >= 0.6 is 0 Å². The van der Waals surface area contributed by atoms with Crippen LogP contribution in [-0.4, -0.2) is 75.0 Å². The third-order valence-corrected chi connectivity index (χ3v) is 2.61. The topological polar surface area (TPSA) is 44.8 Å². The smallest absolute Gasteiger partial charge is 0.339 e. The Labute approximate surface area is 104 Å². The highest BCUT2D eigenvalue weighted by atomic mass is 19.4. The highest BCUT2D eigenvalue weighted by Crippen LogP contribution is 2.15. The molecule has 0 aromatic carbocycles. The lowest BCUT2D eigenvalue weighted by atomic mass is 10.3. The summed E-state index contributed by atoms with van der Waals surface area (Å²) in [7, 11) is 1.60. The van der Waals surface area contributed by atoms with Crippen molar-refractivity contribution in [2.45, 2.75) is 6.36 Å². The van der Waals surface area contributed by atoms with Crippen molar-refractivity contribution in [2.75, 3.05) is 52.9 Å². The van der Waals surface area contributed by atoms with Gasteiger partial charge in [-0.3, -0.25) is 14.4 Å². The lowest BCUT2D eigenvalue weighted by Gasteiger charge is -2.29. The molecule has 8 heteroatoms. The molecule has 0 aliphatic carbocycles. The number of hydrogen-bond acceptors (Lipinski definition) is 4. The van der Waals surface area contributed by atoms with E-state index < -0.39 is 13.0 Å². The van der Waals surface area contributed by atoms with Crippen LogP contribution in [0.4, 0.5) is 13.2 Å². The van der Waals surface area contributed by atoms with E-state index in [1.165, 1.54) is 4.90 Å². The Morgan fingerprint density at radius 1 is 1.39 bits per heavy atom.